The Balaban J connectivity index is 5.23. The summed E-state index contributed by atoms with van der Waals surface area (Å²) in [6.07, 6.45) is 7.26. The highest BCUT2D eigenvalue weighted by Gasteiger charge is 2.22. The van der Waals surface area contributed by atoms with Gasteiger partial charge in [0.25, 0.3) is 0 Å². The van der Waals surface area contributed by atoms with Crippen molar-refractivity contribution in [3.63, 3.8) is 0 Å². The topological polar surface area (TPSA) is 90.3 Å². The minimum absolute atomic E-state index is 0.0800. The Hall–Kier alpha value is -1.23. The van der Waals surface area contributed by atoms with Crippen LogP contribution in [0.3, 0.4) is 0 Å². The fourth-order valence-corrected chi connectivity index (χ4v) is 3.01. The summed E-state index contributed by atoms with van der Waals surface area (Å²) in [6, 6.07) is 0.205. The molecule has 0 amide bonds. The summed E-state index contributed by atoms with van der Waals surface area (Å²) in [4.78, 5) is 0. The van der Waals surface area contributed by atoms with E-state index in [9.17, 15) is 5.11 Å². The van der Waals surface area contributed by atoms with Gasteiger partial charge >= 0.3 is 0 Å². The van der Waals surface area contributed by atoms with Gasteiger partial charge in [-0.3, -0.25) is 0 Å². The predicted molar refractivity (Wildman–Crippen MR) is 108 cm³/mol. The number of allylic oxidation sites excluding steroid dienone is 3. The molecule has 5 N–H and O–H groups in total. The van der Waals surface area contributed by atoms with Gasteiger partial charge < -0.3 is 21.4 Å². The molecule has 144 valence electrons. The third-order valence-corrected chi connectivity index (χ3v) is 5.01. The third kappa shape index (κ3) is 8.13. The van der Waals surface area contributed by atoms with E-state index in [-0.39, 0.29) is 18.6 Å². The quantitative estimate of drug-likeness (QED) is 0.229. The van der Waals surface area contributed by atoms with Crippen molar-refractivity contribution in [1.82, 2.24) is 0 Å². The van der Waals surface area contributed by atoms with Crippen LogP contribution in [0, 0.1) is 11.3 Å². The minimum atomic E-state index is -0.716. The first kappa shape index (κ1) is 23.8. The molecule has 0 heterocycles. The number of aliphatic hydroxyl groups excluding tert-OH is 2. The van der Waals surface area contributed by atoms with E-state index in [0.717, 1.165) is 36.8 Å². The summed E-state index contributed by atoms with van der Waals surface area (Å²) in [5, 5.41) is 27.2. The highest BCUT2D eigenvalue weighted by molar-refractivity contribution is 5.77. The van der Waals surface area contributed by atoms with Crippen molar-refractivity contribution in [2.45, 2.75) is 78.4 Å². The molecule has 4 heteroatoms. The smallest absolute Gasteiger partial charge is 0.0864 e. The zero-order valence-electron chi connectivity index (χ0n) is 16.5. The highest BCUT2D eigenvalue weighted by atomic mass is 16.3. The van der Waals surface area contributed by atoms with Gasteiger partial charge in [-0.15, -0.1) is 0 Å². The predicted octanol–water partition coefficient (Wildman–Crippen LogP) is 4.13. The highest BCUT2D eigenvalue weighted by Crippen LogP contribution is 2.29. The van der Waals surface area contributed by atoms with Gasteiger partial charge in [0.1, 0.15) is 0 Å². The maximum Gasteiger partial charge on any atom is 0.0864 e. The number of aliphatic hydroxyl groups is 2. The van der Waals surface area contributed by atoms with Crippen LogP contribution in [0.4, 0.5) is 0 Å². The summed E-state index contributed by atoms with van der Waals surface area (Å²) in [5.74, 6) is -0.0800. The van der Waals surface area contributed by atoms with E-state index in [1.165, 1.54) is 11.8 Å². The van der Waals surface area contributed by atoms with Crippen molar-refractivity contribution in [3.05, 3.63) is 34.9 Å². The van der Waals surface area contributed by atoms with Crippen LogP contribution >= 0.6 is 0 Å². The molecule has 0 saturated carbocycles. The largest absolute Gasteiger partial charge is 0.396 e. The Labute approximate surface area is 154 Å². The summed E-state index contributed by atoms with van der Waals surface area (Å²) in [7, 11) is 0. The lowest BCUT2D eigenvalue weighted by molar-refractivity contribution is 0.171. The maximum atomic E-state index is 10.7. The maximum absolute atomic E-state index is 10.7. The Kier molecular flexibility index (Phi) is 12.4. The average molecular weight is 351 g/mol. The molecular weight excluding hydrogens is 312 g/mol. The van der Waals surface area contributed by atoms with Gasteiger partial charge in [-0.05, 0) is 56.6 Å². The Morgan fingerprint density at radius 2 is 1.96 bits per heavy atom. The van der Waals surface area contributed by atoms with Crippen LogP contribution in [0.15, 0.2) is 34.9 Å². The zero-order valence-corrected chi connectivity index (χ0v) is 16.5. The molecule has 0 aromatic rings. The average Bonchev–Trinajstić information content (AvgIpc) is 2.62. The first-order valence-electron chi connectivity index (χ1n) is 9.46. The van der Waals surface area contributed by atoms with Crippen molar-refractivity contribution < 1.29 is 10.2 Å². The molecule has 0 fully saturated rings. The van der Waals surface area contributed by atoms with Crippen LogP contribution < -0.4 is 5.73 Å². The number of unbranched alkanes of at least 4 members (excludes halogenated alkanes) is 1. The van der Waals surface area contributed by atoms with Gasteiger partial charge in [0.15, 0.2) is 0 Å². The van der Waals surface area contributed by atoms with Crippen LogP contribution in [-0.2, 0) is 0 Å². The molecule has 0 aliphatic carbocycles. The number of hydrogen-bond acceptors (Lipinski definition) is 4. The van der Waals surface area contributed by atoms with Gasteiger partial charge in [0.05, 0.1) is 6.10 Å². The monoisotopic (exact) mass is 350 g/mol. The van der Waals surface area contributed by atoms with E-state index in [4.69, 9.17) is 16.2 Å². The lowest BCUT2D eigenvalue weighted by atomic mass is 9.83. The van der Waals surface area contributed by atoms with E-state index in [2.05, 4.69) is 27.4 Å². The second-order valence-electron chi connectivity index (χ2n) is 6.76. The molecular formula is C21H38N2O2. The fraction of sp³-hybridized carbons (Fsp3) is 0.667. The SMILES string of the molecule is C=C(CC[C@H](N)CC)/C(C)=C(/CC)C(C)[C@H](O)/C(C=N)=C\CCCO. The first-order chi connectivity index (χ1) is 11.8. The Morgan fingerprint density at radius 3 is 2.44 bits per heavy atom. The second kappa shape index (κ2) is 13.0. The number of rotatable bonds is 13. The first-order valence-corrected chi connectivity index (χ1v) is 9.46. The van der Waals surface area contributed by atoms with Crippen molar-refractivity contribution in [2.24, 2.45) is 11.7 Å². The molecule has 25 heavy (non-hydrogen) atoms. The molecule has 0 aliphatic rings. The minimum Gasteiger partial charge on any atom is -0.396 e. The molecule has 0 spiro atoms. The van der Waals surface area contributed by atoms with E-state index >= 15 is 0 Å². The number of nitrogens with one attached hydrogen (secondary N) is 1. The van der Waals surface area contributed by atoms with Gasteiger partial charge in [0, 0.05) is 24.8 Å². The van der Waals surface area contributed by atoms with Gasteiger partial charge in [-0.1, -0.05) is 44.6 Å². The number of hydrogen-bond donors (Lipinski definition) is 4. The van der Waals surface area contributed by atoms with E-state index in [0.29, 0.717) is 18.4 Å². The lowest BCUT2D eigenvalue weighted by Crippen LogP contribution is -2.24. The second-order valence-corrected chi connectivity index (χ2v) is 6.76. The van der Waals surface area contributed by atoms with Crippen LogP contribution in [0.25, 0.3) is 0 Å². The van der Waals surface area contributed by atoms with Gasteiger partial charge in [-0.2, -0.15) is 0 Å². The molecule has 0 radical (unpaired) electrons. The number of nitrogens with two attached hydrogens (primary N) is 1. The molecule has 0 saturated heterocycles. The van der Waals surface area contributed by atoms with Crippen molar-refractivity contribution in [1.29, 1.82) is 5.41 Å². The van der Waals surface area contributed by atoms with Crippen LogP contribution in [-0.4, -0.2) is 35.2 Å². The lowest BCUT2D eigenvalue weighted by Gasteiger charge is -2.25. The summed E-state index contributed by atoms with van der Waals surface area (Å²) in [5.41, 5.74) is 10.0. The molecule has 0 bridgehead atoms. The summed E-state index contributed by atoms with van der Waals surface area (Å²) in [6.45, 7) is 12.6. The van der Waals surface area contributed by atoms with Crippen molar-refractivity contribution in [2.75, 3.05) is 6.61 Å². The molecule has 0 aromatic carbocycles. The normalized spacial score (nSPS) is 16.8. The zero-order chi connectivity index (χ0) is 19.4. The standard InChI is InChI=1S/C21H38N2O2/c1-6-19(23)12-11-15(3)16(4)20(7-2)17(5)21(25)18(14-22)10-8-9-13-24/h10,14,17,19,21-22,24-25H,3,6-9,11-13,23H2,1-2,4-5H3/b18-10-,20-16-,22-14?/t17?,19-,21+/m1/s1. The fourth-order valence-electron chi connectivity index (χ4n) is 3.01. The summed E-state index contributed by atoms with van der Waals surface area (Å²) >= 11 is 0. The van der Waals surface area contributed by atoms with E-state index < -0.39 is 6.10 Å². The van der Waals surface area contributed by atoms with Crippen LogP contribution in [0.1, 0.15) is 66.2 Å². The van der Waals surface area contributed by atoms with Crippen molar-refractivity contribution in [3.8, 4) is 0 Å². The van der Waals surface area contributed by atoms with Crippen LogP contribution in [0.2, 0.25) is 0 Å². The third-order valence-electron chi connectivity index (χ3n) is 5.01. The molecule has 0 aliphatic heterocycles. The van der Waals surface area contributed by atoms with Crippen LogP contribution in [0.5, 0.6) is 0 Å². The van der Waals surface area contributed by atoms with Gasteiger partial charge in [-0.25, -0.2) is 0 Å². The van der Waals surface area contributed by atoms with Gasteiger partial charge in [0.2, 0.25) is 0 Å². The molecule has 3 atom stereocenters. The van der Waals surface area contributed by atoms with E-state index in [1.807, 2.05) is 13.0 Å². The van der Waals surface area contributed by atoms with Crippen molar-refractivity contribution >= 4 is 6.21 Å². The summed E-state index contributed by atoms with van der Waals surface area (Å²) < 4.78 is 0. The Bertz CT molecular complexity index is 480. The molecule has 4 nitrogen and oxygen atoms in total. The molecule has 0 aromatic heterocycles. The molecule has 1 unspecified atom stereocenters. The Morgan fingerprint density at radius 1 is 1.32 bits per heavy atom. The molecule has 0 rings (SSSR count). The van der Waals surface area contributed by atoms with E-state index in [1.54, 1.807) is 0 Å².